The lowest BCUT2D eigenvalue weighted by Gasteiger charge is -2.31. The molecule has 204 valence electrons. The van der Waals surface area contributed by atoms with Gasteiger partial charge in [-0.25, -0.2) is 9.59 Å². The predicted molar refractivity (Wildman–Crippen MR) is 145 cm³/mol. The molecule has 1 saturated heterocycles. The Balaban J connectivity index is 1.85. The second-order valence-corrected chi connectivity index (χ2v) is 11.4. The maximum Gasteiger partial charge on any atom is 0.407 e. The number of thioether (sulfide) groups is 1. The van der Waals surface area contributed by atoms with Crippen molar-refractivity contribution in [2.45, 2.75) is 44.6 Å². The van der Waals surface area contributed by atoms with Crippen LogP contribution in [0, 0.1) is 11.3 Å². The number of ether oxygens (including phenoxy) is 1. The molecule has 1 unspecified atom stereocenters. The van der Waals surface area contributed by atoms with Crippen LogP contribution in [0.15, 0.2) is 23.1 Å². The Kier molecular flexibility index (Phi) is 11.6. The molecule has 1 aliphatic heterocycles. The summed E-state index contributed by atoms with van der Waals surface area (Å²) in [6.07, 6.45) is 4.93. The number of carbonyl (C=O) groups excluding carboxylic acids is 3. The summed E-state index contributed by atoms with van der Waals surface area (Å²) in [4.78, 5) is 51.1. The van der Waals surface area contributed by atoms with Crippen molar-refractivity contribution in [1.29, 1.82) is 0 Å². The number of hydrogen-bond acceptors (Lipinski definition) is 6. The summed E-state index contributed by atoms with van der Waals surface area (Å²) in [6, 6.07) is 2.33. The smallest absolute Gasteiger partial charge is 0.407 e. The van der Waals surface area contributed by atoms with E-state index >= 15 is 0 Å². The van der Waals surface area contributed by atoms with Crippen molar-refractivity contribution in [2.24, 2.45) is 11.3 Å². The van der Waals surface area contributed by atoms with E-state index in [9.17, 15) is 24.3 Å². The number of benzene rings is 1. The fraction of sp³-hybridized carbons (Fsp3) is 0.520. The highest BCUT2D eigenvalue weighted by Gasteiger charge is 2.30. The van der Waals surface area contributed by atoms with Gasteiger partial charge in [-0.15, -0.1) is 11.8 Å². The molecule has 3 amide bonds. The van der Waals surface area contributed by atoms with Crippen molar-refractivity contribution < 1.29 is 29.0 Å². The number of rotatable bonds is 9. The molecule has 3 N–H and O–H groups in total. The summed E-state index contributed by atoms with van der Waals surface area (Å²) in [5.41, 5.74) is 0.395. The third kappa shape index (κ3) is 9.75. The van der Waals surface area contributed by atoms with Crippen LogP contribution in [0.5, 0.6) is 0 Å². The van der Waals surface area contributed by atoms with Crippen molar-refractivity contribution in [3.05, 3.63) is 33.8 Å². The number of nitrogens with one attached hydrogen (secondary N) is 2. The SMILES string of the molecule is CSc1ccc(C=CC(=O)N2CCC(C(=O)NC(CNC(=O)OCC(C)(C)C)C(=O)O)CC2)c(Cl)c1Cl. The number of halogens is 2. The molecule has 0 spiro atoms. The van der Waals surface area contributed by atoms with E-state index in [2.05, 4.69) is 10.6 Å². The number of carboxylic acid groups (broad SMARTS) is 1. The van der Waals surface area contributed by atoms with Crippen LogP contribution in [-0.4, -0.2) is 72.4 Å². The maximum atomic E-state index is 12.7. The van der Waals surface area contributed by atoms with Gasteiger partial charge < -0.3 is 25.4 Å². The van der Waals surface area contributed by atoms with Gasteiger partial charge in [-0.05, 0) is 42.2 Å². The highest BCUT2D eigenvalue weighted by atomic mass is 35.5. The molecular formula is C25H33Cl2N3O6S. The number of amides is 3. The van der Waals surface area contributed by atoms with Crippen LogP contribution in [0.25, 0.3) is 6.08 Å². The van der Waals surface area contributed by atoms with Gasteiger partial charge in [-0.3, -0.25) is 9.59 Å². The minimum absolute atomic E-state index is 0.167. The lowest BCUT2D eigenvalue weighted by Crippen LogP contribution is -2.51. The monoisotopic (exact) mass is 573 g/mol. The van der Waals surface area contributed by atoms with Crippen LogP contribution < -0.4 is 10.6 Å². The number of nitrogens with zero attached hydrogens (tertiary/aromatic N) is 1. The summed E-state index contributed by atoms with van der Waals surface area (Å²) >= 11 is 14.0. The van der Waals surface area contributed by atoms with Gasteiger partial charge in [0.1, 0.15) is 6.04 Å². The quantitative estimate of drug-likeness (QED) is 0.297. The maximum absolute atomic E-state index is 12.7. The molecule has 0 radical (unpaired) electrons. The van der Waals surface area contributed by atoms with E-state index < -0.39 is 29.9 Å². The number of hydrogen-bond donors (Lipinski definition) is 3. The number of aliphatic carboxylic acids is 1. The average molecular weight is 575 g/mol. The summed E-state index contributed by atoms with van der Waals surface area (Å²) < 4.78 is 5.05. The van der Waals surface area contributed by atoms with Gasteiger partial charge in [0.15, 0.2) is 0 Å². The molecule has 0 saturated carbocycles. The summed E-state index contributed by atoms with van der Waals surface area (Å²) in [5.74, 6) is -2.38. The zero-order valence-electron chi connectivity index (χ0n) is 21.3. The molecule has 1 aromatic rings. The molecule has 2 rings (SSSR count). The molecule has 9 nitrogen and oxygen atoms in total. The van der Waals surface area contributed by atoms with E-state index in [1.165, 1.54) is 17.8 Å². The van der Waals surface area contributed by atoms with Crippen molar-refractivity contribution in [3.63, 3.8) is 0 Å². The Hall–Kier alpha value is -2.43. The number of piperidine rings is 1. The zero-order chi connectivity index (χ0) is 27.8. The van der Waals surface area contributed by atoms with Crippen LogP contribution in [0.3, 0.4) is 0 Å². The van der Waals surface area contributed by atoms with Gasteiger partial charge in [-0.1, -0.05) is 50.0 Å². The second-order valence-electron chi connectivity index (χ2n) is 9.84. The third-order valence-corrected chi connectivity index (χ3v) is 7.37. The summed E-state index contributed by atoms with van der Waals surface area (Å²) in [7, 11) is 0. The van der Waals surface area contributed by atoms with E-state index in [-0.39, 0.29) is 24.5 Å². The topological polar surface area (TPSA) is 125 Å². The van der Waals surface area contributed by atoms with E-state index in [0.717, 1.165) is 4.90 Å². The van der Waals surface area contributed by atoms with Crippen molar-refractivity contribution >= 4 is 64.9 Å². The molecule has 1 atom stereocenters. The van der Waals surface area contributed by atoms with E-state index in [1.807, 2.05) is 33.1 Å². The minimum Gasteiger partial charge on any atom is -0.480 e. The molecule has 1 heterocycles. The van der Waals surface area contributed by atoms with Gasteiger partial charge >= 0.3 is 12.1 Å². The predicted octanol–water partition coefficient (Wildman–Crippen LogP) is 4.31. The van der Waals surface area contributed by atoms with Crippen molar-refractivity contribution in [3.8, 4) is 0 Å². The minimum atomic E-state index is -1.30. The normalized spacial score (nSPS) is 15.4. The van der Waals surface area contributed by atoms with Crippen LogP contribution in [0.4, 0.5) is 4.79 Å². The molecule has 0 aromatic heterocycles. The lowest BCUT2D eigenvalue weighted by molar-refractivity contribution is -0.142. The standard InChI is InChI=1S/C25H33Cl2N3O6S/c1-25(2,3)14-36-24(35)28-13-17(23(33)34)29-22(32)16-9-11-30(12-10-16)19(31)8-6-15-5-7-18(37-4)21(27)20(15)26/h5-8,16-17H,9-14H2,1-4H3,(H,28,35)(H,29,32)(H,33,34). The molecule has 12 heteroatoms. The van der Waals surface area contributed by atoms with Crippen LogP contribution in [0.1, 0.15) is 39.2 Å². The first-order valence-corrected chi connectivity index (χ1v) is 13.7. The molecule has 1 aliphatic rings. The Morgan fingerprint density at radius 3 is 2.41 bits per heavy atom. The van der Waals surface area contributed by atoms with Gasteiger partial charge in [0.05, 0.1) is 23.2 Å². The fourth-order valence-electron chi connectivity index (χ4n) is 3.47. The molecule has 37 heavy (non-hydrogen) atoms. The summed E-state index contributed by atoms with van der Waals surface area (Å²) in [6.45, 7) is 6.23. The average Bonchev–Trinajstić information content (AvgIpc) is 2.85. The Labute approximate surface area is 231 Å². The molecule has 0 bridgehead atoms. The second kappa shape index (κ2) is 13.9. The molecular weight excluding hydrogens is 541 g/mol. The summed E-state index contributed by atoms with van der Waals surface area (Å²) in [5, 5.41) is 15.1. The highest BCUT2D eigenvalue weighted by Crippen LogP contribution is 2.35. The Bertz CT molecular complexity index is 1040. The van der Waals surface area contributed by atoms with Crippen LogP contribution >= 0.6 is 35.0 Å². The first-order valence-electron chi connectivity index (χ1n) is 11.7. The van der Waals surface area contributed by atoms with Crippen LogP contribution in [0.2, 0.25) is 10.0 Å². The van der Waals surface area contributed by atoms with E-state index in [4.69, 9.17) is 27.9 Å². The van der Waals surface area contributed by atoms with Crippen molar-refractivity contribution in [2.75, 3.05) is 32.5 Å². The van der Waals surface area contributed by atoms with Crippen LogP contribution in [-0.2, 0) is 19.1 Å². The molecule has 0 aliphatic carbocycles. The lowest BCUT2D eigenvalue weighted by atomic mass is 9.95. The Morgan fingerprint density at radius 2 is 1.84 bits per heavy atom. The number of likely N-dealkylation sites (tertiary alicyclic amines) is 1. The first kappa shape index (κ1) is 30.8. The van der Waals surface area contributed by atoms with E-state index in [1.54, 1.807) is 17.0 Å². The number of carboxylic acids is 1. The Morgan fingerprint density at radius 1 is 1.19 bits per heavy atom. The molecule has 1 aromatic carbocycles. The largest absolute Gasteiger partial charge is 0.480 e. The van der Waals surface area contributed by atoms with Crippen molar-refractivity contribution in [1.82, 2.24) is 15.5 Å². The first-order chi connectivity index (χ1) is 17.3. The molecule has 1 fully saturated rings. The third-order valence-electron chi connectivity index (χ3n) is 5.58. The number of alkyl carbamates (subject to hydrolysis) is 1. The van der Waals surface area contributed by atoms with Gasteiger partial charge in [0.25, 0.3) is 0 Å². The van der Waals surface area contributed by atoms with Gasteiger partial charge in [0.2, 0.25) is 11.8 Å². The number of carbonyl (C=O) groups is 4. The highest BCUT2D eigenvalue weighted by molar-refractivity contribution is 7.98. The fourth-order valence-corrected chi connectivity index (χ4v) is 4.64. The zero-order valence-corrected chi connectivity index (χ0v) is 23.6. The van der Waals surface area contributed by atoms with Gasteiger partial charge in [-0.2, -0.15) is 0 Å². The van der Waals surface area contributed by atoms with Gasteiger partial charge in [0, 0.05) is 30.0 Å². The van der Waals surface area contributed by atoms with E-state index in [0.29, 0.717) is 41.5 Å².